The number of para-hydroxylation sites is 1. The van der Waals surface area contributed by atoms with Crippen molar-refractivity contribution in [1.29, 1.82) is 0 Å². The van der Waals surface area contributed by atoms with Crippen molar-refractivity contribution in [3.63, 3.8) is 0 Å². The summed E-state index contributed by atoms with van der Waals surface area (Å²) in [6.07, 6.45) is 1.77. The summed E-state index contributed by atoms with van der Waals surface area (Å²) in [5.74, 6) is -0.113. The first-order chi connectivity index (χ1) is 9.15. The molecule has 104 valence electrons. The number of carbonyl (C=O) groups is 1. The number of carboxylic acids is 1. The molecule has 0 amide bonds. The molecule has 1 rings (SSSR count). The lowest BCUT2D eigenvalue weighted by atomic mass is 10.0. The molecule has 0 unspecified atom stereocenters. The lowest BCUT2D eigenvalue weighted by molar-refractivity contribution is -0.132. The zero-order valence-corrected chi connectivity index (χ0v) is 11.1. The van der Waals surface area contributed by atoms with Crippen LogP contribution in [-0.4, -0.2) is 29.4 Å². The van der Waals surface area contributed by atoms with E-state index in [4.69, 9.17) is 14.9 Å². The highest BCUT2D eigenvalue weighted by Gasteiger charge is 2.08. The van der Waals surface area contributed by atoms with Crippen LogP contribution in [0.5, 0.6) is 5.75 Å². The third-order valence-electron chi connectivity index (χ3n) is 2.90. The van der Waals surface area contributed by atoms with Crippen LogP contribution in [-0.2, 0) is 4.79 Å². The zero-order chi connectivity index (χ0) is 14.1. The standard InChI is InChI=1S/C15H20O4/c1-12(15(17)18)13(9-10-16)6-5-11-19-14-7-3-2-4-8-14/h2-4,7-8,16H,5-6,9-11H2,1H3,(H,17,18). The molecule has 0 saturated heterocycles. The largest absolute Gasteiger partial charge is 0.494 e. The fourth-order valence-electron chi connectivity index (χ4n) is 1.78. The second-order valence-electron chi connectivity index (χ2n) is 4.27. The van der Waals surface area contributed by atoms with Crippen molar-refractivity contribution in [3.8, 4) is 5.75 Å². The van der Waals surface area contributed by atoms with Crippen LogP contribution < -0.4 is 4.74 Å². The van der Waals surface area contributed by atoms with Crippen molar-refractivity contribution >= 4 is 5.97 Å². The highest BCUT2D eigenvalue weighted by molar-refractivity contribution is 5.86. The summed E-state index contributed by atoms with van der Waals surface area (Å²) in [5.41, 5.74) is 1.11. The molecule has 0 fully saturated rings. The molecule has 0 aliphatic heterocycles. The average molecular weight is 264 g/mol. The number of carboxylic acid groups (broad SMARTS) is 1. The summed E-state index contributed by atoms with van der Waals surface area (Å²) in [4.78, 5) is 10.9. The Morgan fingerprint density at radius 3 is 2.47 bits per heavy atom. The van der Waals surface area contributed by atoms with Crippen molar-refractivity contribution < 1.29 is 19.7 Å². The van der Waals surface area contributed by atoms with Gasteiger partial charge in [-0.1, -0.05) is 23.8 Å². The predicted molar refractivity (Wildman–Crippen MR) is 73.2 cm³/mol. The van der Waals surface area contributed by atoms with Crippen molar-refractivity contribution in [1.82, 2.24) is 0 Å². The molecule has 0 aliphatic rings. The summed E-state index contributed by atoms with van der Waals surface area (Å²) < 4.78 is 5.54. The molecule has 0 radical (unpaired) electrons. The Bertz CT molecular complexity index is 423. The van der Waals surface area contributed by atoms with Crippen LogP contribution >= 0.6 is 0 Å². The number of rotatable bonds is 8. The van der Waals surface area contributed by atoms with Crippen LogP contribution in [0.25, 0.3) is 0 Å². The van der Waals surface area contributed by atoms with Crippen LogP contribution in [0.2, 0.25) is 0 Å². The first kappa shape index (κ1) is 15.2. The van der Waals surface area contributed by atoms with Crippen LogP contribution in [0.4, 0.5) is 0 Å². The molecular weight excluding hydrogens is 244 g/mol. The fourth-order valence-corrected chi connectivity index (χ4v) is 1.78. The van der Waals surface area contributed by atoms with Gasteiger partial charge in [0.1, 0.15) is 5.75 Å². The van der Waals surface area contributed by atoms with Gasteiger partial charge in [-0.05, 0) is 38.3 Å². The molecule has 2 N–H and O–H groups in total. The van der Waals surface area contributed by atoms with Gasteiger partial charge in [0, 0.05) is 12.2 Å². The molecule has 4 heteroatoms. The minimum Gasteiger partial charge on any atom is -0.494 e. The van der Waals surface area contributed by atoms with Gasteiger partial charge in [-0.3, -0.25) is 0 Å². The molecule has 0 aliphatic carbocycles. The SMILES string of the molecule is CC(C(=O)O)=C(CCO)CCCOc1ccccc1. The van der Waals surface area contributed by atoms with E-state index in [0.717, 1.165) is 17.7 Å². The van der Waals surface area contributed by atoms with Gasteiger partial charge >= 0.3 is 5.97 Å². The number of aliphatic carboxylic acids is 1. The maximum absolute atomic E-state index is 10.9. The van der Waals surface area contributed by atoms with E-state index in [0.29, 0.717) is 25.0 Å². The Balaban J connectivity index is 2.41. The number of hydrogen-bond donors (Lipinski definition) is 2. The van der Waals surface area contributed by atoms with Crippen molar-refractivity contribution in [2.75, 3.05) is 13.2 Å². The topological polar surface area (TPSA) is 66.8 Å². The smallest absolute Gasteiger partial charge is 0.331 e. The first-order valence-electron chi connectivity index (χ1n) is 6.35. The van der Waals surface area contributed by atoms with Gasteiger partial charge in [0.2, 0.25) is 0 Å². The molecule has 0 saturated carbocycles. The molecule has 0 bridgehead atoms. The van der Waals surface area contributed by atoms with Crippen LogP contribution in [0, 0.1) is 0 Å². The Morgan fingerprint density at radius 2 is 1.89 bits per heavy atom. The lowest BCUT2D eigenvalue weighted by Crippen LogP contribution is -2.05. The molecule has 19 heavy (non-hydrogen) atoms. The molecular formula is C15H20O4. The summed E-state index contributed by atoms with van der Waals surface area (Å²) in [6.45, 7) is 2.08. The van der Waals surface area contributed by atoms with Gasteiger partial charge in [-0.2, -0.15) is 0 Å². The normalized spacial score (nSPS) is 11.9. The number of ether oxygens (including phenoxy) is 1. The van der Waals surface area contributed by atoms with Crippen molar-refractivity contribution in [2.24, 2.45) is 0 Å². The van der Waals surface area contributed by atoms with Gasteiger partial charge in [-0.25, -0.2) is 4.79 Å². The lowest BCUT2D eigenvalue weighted by Gasteiger charge is -2.10. The second kappa shape index (κ2) is 8.32. The van der Waals surface area contributed by atoms with Gasteiger partial charge < -0.3 is 14.9 Å². The number of aliphatic hydroxyl groups is 1. The molecule has 1 aromatic rings. The number of benzene rings is 1. The van der Waals surface area contributed by atoms with E-state index < -0.39 is 5.97 Å². The van der Waals surface area contributed by atoms with Crippen LogP contribution in [0.15, 0.2) is 41.5 Å². The highest BCUT2D eigenvalue weighted by atomic mass is 16.5. The maximum atomic E-state index is 10.9. The third-order valence-corrected chi connectivity index (χ3v) is 2.90. The maximum Gasteiger partial charge on any atom is 0.331 e. The van der Waals surface area contributed by atoms with Crippen LogP contribution in [0.1, 0.15) is 26.2 Å². The van der Waals surface area contributed by atoms with Crippen molar-refractivity contribution in [2.45, 2.75) is 26.2 Å². The summed E-state index contributed by atoms with van der Waals surface area (Å²) >= 11 is 0. The summed E-state index contributed by atoms with van der Waals surface area (Å²) in [6, 6.07) is 9.49. The predicted octanol–water partition coefficient (Wildman–Crippen LogP) is 2.63. The monoisotopic (exact) mass is 264 g/mol. The molecule has 4 nitrogen and oxygen atoms in total. The molecule has 0 aromatic heterocycles. The van der Waals surface area contributed by atoms with E-state index in [1.54, 1.807) is 6.92 Å². The quantitative estimate of drug-likeness (QED) is 0.559. The number of hydrogen-bond acceptors (Lipinski definition) is 3. The zero-order valence-electron chi connectivity index (χ0n) is 11.1. The summed E-state index contributed by atoms with van der Waals surface area (Å²) in [5, 5.41) is 17.9. The Labute approximate surface area is 113 Å². The third kappa shape index (κ3) is 5.57. The van der Waals surface area contributed by atoms with E-state index in [1.165, 1.54) is 0 Å². The second-order valence-corrected chi connectivity index (χ2v) is 4.27. The summed E-state index contributed by atoms with van der Waals surface area (Å²) in [7, 11) is 0. The van der Waals surface area contributed by atoms with Gasteiger partial charge in [-0.15, -0.1) is 0 Å². The Kier molecular flexibility index (Phi) is 6.68. The van der Waals surface area contributed by atoms with Crippen molar-refractivity contribution in [3.05, 3.63) is 41.5 Å². The van der Waals surface area contributed by atoms with Gasteiger partial charge in [0.25, 0.3) is 0 Å². The molecule has 0 spiro atoms. The van der Waals surface area contributed by atoms with E-state index in [-0.39, 0.29) is 6.61 Å². The Morgan fingerprint density at radius 1 is 1.21 bits per heavy atom. The minimum absolute atomic E-state index is 0.0283. The van der Waals surface area contributed by atoms with E-state index in [9.17, 15) is 4.79 Å². The molecule has 0 atom stereocenters. The first-order valence-corrected chi connectivity index (χ1v) is 6.35. The van der Waals surface area contributed by atoms with Gasteiger partial charge in [0.15, 0.2) is 0 Å². The molecule has 1 aromatic carbocycles. The van der Waals surface area contributed by atoms with E-state index >= 15 is 0 Å². The average Bonchev–Trinajstić information content (AvgIpc) is 2.42. The number of aliphatic hydroxyl groups excluding tert-OH is 1. The van der Waals surface area contributed by atoms with Gasteiger partial charge in [0.05, 0.1) is 6.61 Å². The highest BCUT2D eigenvalue weighted by Crippen LogP contribution is 2.16. The molecule has 0 heterocycles. The minimum atomic E-state index is -0.924. The van der Waals surface area contributed by atoms with E-state index in [1.807, 2.05) is 30.3 Å². The van der Waals surface area contributed by atoms with Crippen LogP contribution in [0.3, 0.4) is 0 Å². The fraction of sp³-hybridized carbons (Fsp3) is 0.400. The Hall–Kier alpha value is -1.81. The van der Waals surface area contributed by atoms with E-state index in [2.05, 4.69) is 0 Å².